The SMILES string of the molecule is O=S(=O)(Cl)CCCCCCOC1CCCCCC1. The molecule has 1 rings (SSSR count). The first kappa shape index (κ1) is 16.3. The first-order valence-electron chi connectivity index (χ1n) is 7.12. The Morgan fingerprint density at radius 2 is 1.56 bits per heavy atom. The van der Waals surface area contributed by atoms with E-state index in [1.165, 1.54) is 38.5 Å². The van der Waals surface area contributed by atoms with E-state index in [-0.39, 0.29) is 5.75 Å². The number of hydrogen-bond donors (Lipinski definition) is 0. The molecular weight excluding hydrogens is 272 g/mol. The van der Waals surface area contributed by atoms with Gasteiger partial charge in [0, 0.05) is 17.3 Å². The molecular formula is C13H25ClO3S. The van der Waals surface area contributed by atoms with Crippen LogP contribution in [0.3, 0.4) is 0 Å². The normalized spacial score (nSPS) is 18.7. The largest absolute Gasteiger partial charge is 0.378 e. The van der Waals surface area contributed by atoms with E-state index >= 15 is 0 Å². The number of hydrogen-bond acceptors (Lipinski definition) is 3. The Morgan fingerprint density at radius 3 is 2.17 bits per heavy atom. The molecule has 0 bridgehead atoms. The van der Waals surface area contributed by atoms with Crippen molar-refractivity contribution in [3.63, 3.8) is 0 Å². The minimum absolute atomic E-state index is 0.0953. The number of ether oxygens (including phenoxy) is 1. The molecule has 0 unspecified atom stereocenters. The van der Waals surface area contributed by atoms with Crippen LogP contribution in [-0.2, 0) is 13.8 Å². The van der Waals surface area contributed by atoms with Crippen molar-refractivity contribution in [3.8, 4) is 0 Å². The zero-order valence-electron chi connectivity index (χ0n) is 11.1. The van der Waals surface area contributed by atoms with E-state index < -0.39 is 9.05 Å². The lowest BCUT2D eigenvalue weighted by atomic mass is 10.1. The van der Waals surface area contributed by atoms with E-state index in [9.17, 15) is 8.42 Å². The molecule has 108 valence electrons. The Hall–Kier alpha value is 0.200. The highest BCUT2D eigenvalue weighted by atomic mass is 35.7. The van der Waals surface area contributed by atoms with Gasteiger partial charge in [0.2, 0.25) is 9.05 Å². The third-order valence-corrected chi connectivity index (χ3v) is 4.68. The average molecular weight is 297 g/mol. The van der Waals surface area contributed by atoms with E-state index in [0.717, 1.165) is 25.9 Å². The first-order valence-corrected chi connectivity index (χ1v) is 9.60. The highest BCUT2D eigenvalue weighted by Crippen LogP contribution is 2.20. The molecule has 0 N–H and O–H groups in total. The lowest BCUT2D eigenvalue weighted by Gasteiger charge is -2.15. The van der Waals surface area contributed by atoms with E-state index in [1.807, 2.05) is 0 Å². The summed E-state index contributed by atoms with van der Waals surface area (Å²) in [6, 6.07) is 0. The minimum Gasteiger partial charge on any atom is -0.378 e. The summed E-state index contributed by atoms with van der Waals surface area (Å²) in [6.45, 7) is 0.818. The van der Waals surface area contributed by atoms with E-state index in [2.05, 4.69) is 0 Å². The monoisotopic (exact) mass is 296 g/mol. The summed E-state index contributed by atoms with van der Waals surface area (Å²) in [5.41, 5.74) is 0. The van der Waals surface area contributed by atoms with Crippen LogP contribution in [0.15, 0.2) is 0 Å². The predicted molar refractivity (Wildman–Crippen MR) is 75.5 cm³/mol. The molecule has 1 saturated carbocycles. The van der Waals surface area contributed by atoms with Gasteiger partial charge in [-0.15, -0.1) is 0 Å². The lowest BCUT2D eigenvalue weighted by Crippen LogP contribution is -2.12. The summed E-state index contributed by atoms with van der Waals surface area (Å²) in [5.74, 6) is 0.0953. The van der Waals surface area contributed by atoms with Crippen molar-refractivity contribution >= 4 is 19.7 Å². The Kier molecular flexibility index (Phi) is 8.27. The molecule has 0 aliphatic heterocycles. The average Bonchev–Trinajstić information content (AvgIpc) is 2.55. The molecule has 0 atom stereocenters. The molecule has 1 fully saturated rings. The molecule has 3 nitrogen and oxygen atoms in total. The zero-order valence-corrected chi connectivity index (χ0v) is 12.6. The van der Waals surface area contributed by atoms with Gasteiger partial charge in [-0.25, -0.2) is 8.42 Å². The van der Waals surface area contributed by atoms with Gasteiger partial charge >= 0.3 is 0 Å². The van der Waals surface area contributed by atoms with Crippen LogP contribution in [0.5, 0.6) is 0 Å². The molecule has 0 amide bonds. The van der Waals surface area contributed by atoms with Crippen LogP contribution in [0.2, 0.25) is 0 Å². The Balaban J connectivity index is 1.91. The third-order valence-electron chi connectivity index (χ3n) is 3.44. The smallest absolute Gasteiger partial charge is 0.232 e. The third kappa shape index (κ3) is 9.17. The summed E-state index contributed by atoms with van der Waals surface area (Å²) >= 11 is 0. The van der Waals surface area contributed by atoms with Crippen LogP contribution in [0.4, 0.5) is 0 Å². The molecule has 1 aliphatic rings. The van der Waals surface area contributed by atoms with Crippen LogP contribution in [-0.4, -0.2) is 26.9 Å². The fourth-order valence-electron chi connectivity index (χ4n) is 2.39. The zero-order chi connectivity index (χ0) is 13.3. The van der Waals surface area contributed by atoms with Gasteiger partial charge in [0.15, 0.2) is 0 Å². The Morgan fingerprint density at radius 1 is 0.944 bits per heavy atom. The van der Waals surface area contributed by atoms with Crippen LogP contribution in [0.25, 0.3) is 0 Å². The van der Waals surface area contributed by atoms with Gasteiger partial charge in [-0.2, -0.15) is 0 Å². The molecule has 0 saturated heterocycles. The molecule has 18 heavy (non-hydrogen) atoms. The van der Waals surface area contributed by atoms with Gasteiger partial charge in [-0.1, -0.05) is 38.5 Å². The van der Waals surface area contributed by atoms with Crippen molar-refractivity contribution in [2.45, 2.75) is 70.3 Å². The summed E-state index contributed by atoms with van der Waals surface area (Å²) in [7, 11) is 1.84. The second-order valence-electron chi connectivity index (χ2n) is 5.14. The minimum atomic E-state index is -3.30. The number of halogens is 1. The van der Waals surface area contributed by atoms with Gasteiger partial charge in [0.1, 0.15) is 0 Å². The van der Waals surface area contributed by atoms with Gasteiger partial charge < -0.3 is 4.74 Å². The predicted octanol–water partition coefficient (Wildman–Crippen LogP) is 3.85. The van der Waals surface area contributed by atoms with Crippen molar-refractivity contribution < 1.29 is 13.2 Å². The van der Waals surface area contributed by atoms with Crippen molar-refractivity contribution in [1.29, 1.82) is 0 Å². The van der Waals surface area contributed by atoms with E-state index in [4.69, 9.17) is 15.4 Å². The van der Waals surface area contributed by atoms with E-state index in [1.54, 1.807) is 0 Å². The molecule has 0 radical (unpaired) electrons. The molecule has 0 spiro atoms. The van der Waals surface area contributed by atoms with Crippen LogP contribution >= 0.6 is 10.7 Å². The summed E-state index contributed by atoms with van der Waals surface area (Å²) in [4.78, 5) is 0. The highest BCUT2D eigenvalue weighted by Gasteiger charge is 2.11. The fourth-order valence-corrected chi connectivity index (χ4v) is 3.26. The van der Waals surface area contributed by atoms with E-state index in [0.29, 0.717) is 12.5 Å². The summed E-state index contributed by atoms with van der Waals surface area (Å²) in [6.07, 6.45) is 11.8. The van der Waals surface area contributed by atoms with Crippen molar-refractivity contribution in [1.82, 2.24) is 0 Å². The van der Waals surface area contributed by atoms with Crippen LogP contribution < -0.4 is 0 Å². The van der Waals surface area contributed by atoms with Crippen LogP contribution in [0, 0.1) is 0 Å². The molecule has 0 heterocycles. The standard InChI is InChI=1S/C13H25ClO3S/c14-18(15,16)12-8-4-3-7-11-17-13-9-5-1-2-6-10-13/h13H,1-12H2. The lowest BCUT2D eigenvalue weighted by molar-refractivity contribution is 0.0408. The molecule has 0 aromatic carbocycles. The molecule has 5 heteroatoms. The van der Waals surface area contributed by atoms with Crippen LogP contribution in [0.1, 0.15) is 64.2 Å². The highest BCUT2D eigenvalue weighted by molar-refractivity contribution is 8.13. The van der Waals surface area contributed by atoms with Crippen molar-refractivity contribution in [2.75, 3.05) is 12.4 Å². The first-order chi connectivity index (χ1) is 8.58. The topological polar surface area (TPSA) is 43.4 Å². The fraction of sp³-hybridized carbons (Fsp3) is 1.00. The number of unbranched alkanes of at least 4 members (excludes halogenated alkanes) is 3. The molecule has 0 aromatic heterocycles. The van der Waals surface area contributed by atoms with Gasteiger partial charge in [0.05, 0.1) is 11.9 Å². The maximum Gasteiger partial charge on any atom is 0.232 e. The molecule has 0 aromatic rings. The summed E-state index contributed by atoms with van der Waals surface area (Å²) < 4.78 is 27.3. The summed E-state index contributed by atoms with van der Waals surface area (Å²) in [5, 5.41) is 0. The maximum atomic E-state index is 10.7. The quantitative estimate of drug-likeness (QED) is 0.388. The van der Waals surface area contributed by atoms with Gasteiger partial charge in [-0.05, 0) is 25.7 Å². The second-order valence-corrected chi connectivity index (χ2v) is 8.04. The van der Waals surface area contributed by atoms with Gasteiger partial charge in [0.25, 0.3) is 0 Å². The van der Waals surface area contributed by atoms with Crippen molar-refractivity contribution in [2.24, 2.45) is 0 Å². The Bertz CT molecular complexity index is 295. The molecule has 1 aliphatic carbocycles. The van der Waals surface area contributed by atoms with Gasteiger partial charge in [-0.3, -0.25) is 0 Å². The maximum absolute atomic E-state index is 10.7. The van der Waals surface area contributed by atoms with Crippen molar-refractivity contribution in [3.05, 3.63) is 0 Å². The Labute approximate surface area is 116 Å². The second kappa shape index (κ2) is 9.16. The number of rotatable bonds is 8.